The smallest absolute Gasteiger partial charge is 0.166 e. The monoisotopic (exact) mass is 240 g/mol. The van der Waals surface area contributed by atoms with Gasteiger partial charge in [-0.2, -0.15) is 0 Å². The number of benzene rings is 2. The molecule has 2 aromatic carbocycles. The van der Waals surface area contributed by atoms with E-state index in [1.165, 1.54) is 0 Å². The van der Waals surface area contributed by atoms with Crippen LogP contribution in [0.3, 0.4) is 0 Å². The second kappa shape index (κ2) is 6.12. The number of ketones is 1. The predicted octanol–water partition coefficient (Wildman–Crippen LogP) is 2.92. The van der Waals surface area contributed by atoms with E-state index in [9.17, 15) is 9.90 Å². The average molecular weight is 240 g/mol. The third-order valence-electron chi connectivity index (χ3n) is 2.92. The maximum Gasteiger partial charge on any atom is 0.166 e. The highest BCUT2D eigenvalue weighted by molar-refractivity contribution is 5.84. The molecule has 2 rings (SSSR count). The van der Waals surface area contributed by atoms with E-state index < -0.39 is 6.10 Å². The molecule has 1 atom stereocenters. The number of carbonyl (C=O) groups excluding carboxylic acids is 1. The van der Waals surface area contributed by atoms with Crippen molar-refractivity contribution in [2.24, 2.45) is 0 Å². The van der Waals surface area contributed by atoms with Crippen molar-refractivity contribution in [3.63, 3.8) is 0 Å². The van der Waals surface area contributed by atoms with Crippen LogP contribution in [-0.2, 0) is 11.2 Å². The van der Waals surface area contributed by atoms with E-state index in [1.807, 2.05) is 48.5 Å². The van der Waals surface area contributed by atoms with Gasteiger partial charge in [-0.15, -0.1) is 0 Å². The van der Waals surface area contributed by atoms with Crippen LogP contribution in [-0.4, -0.2) is 10.9 Å². The van der Waals surface area contributed by atoms with Gasteiger partial charge in [0.25, 0.3) is 0 Å². The Hall–Kier alpha value is -1.93. The van der Waals surface area contributed by atoms with Crippen LogP contribution in [0, 0.1) is 0 Å². The summed E-state index contributed by atoms with van der Waals surface area (Å²) in [4.78, 5) is 11.9. The lowest BCUT2D eigenvalue weighted by Gasteiger charge is -2.09. The summed E-state index contributed by atoms with van der Waals surface area (Å²) in [6.07, 6.45) is 0.0267. The molecule has 0 aliphatic rings. The Balaban J connectivity index is 1.93. The van der Waals surface area contributed by atoms with Gasteiger partial charge in [0.1, 0.15) is 6.10 Å². The topological polar surface area (TPSA) is 37.3 Å². The van der Waals surface area contributed by atoms with Gasteiger partial charge in [-0.25, -0.2) is 0 Å². The zero-order valence-corrected chi connectivity index (χ0v) is 10.1. The number of hydrogen-bond acceptors (Lipinski definition) is 2. The summed E-state index contributed by atoms with van der Waals surface area (Å²) in [5.41, 5.74) is 1.78. The van der Waals surface area contributed by atoms with Crippen molar-refractivity contribution in [1.82, 2.24) is 0 Å². The highest BCUT2D eigenvalue weighted by Crippen LogP contribution is 2.16. The SMILES string of the molecule is O=C(CCc1ccccc1)[C@@H](O)c1ccccc1. The van der Waals surface area contributed by atoms with Crippen LogP contribution >= 0.6 is 0 Å². The number of carbonyl (C=O) groups is 1. The highest BCUT2D eigenvalue weighted by Gasteiger charge is 2.16. The summed E-state index contributed by atoms with van der Waals surface area (Å²) in [6.45, 7) is 0. The Morgan fingerprint density at radius 1 is 0.944 bits per heavy atom. The summed E-state index contributed by atoms with van der Waals surface area (Å²) >= 11 is 0. The van der Waals surface area contributed by atoms with E-state index in [1.54, 1.807) is 12.1 Å². The quantitative estimate of drug-likeness (QED) is 0.872. The first-order chi connectivity index (χ1) is 8.77. The number of Topliss-reactive ketones (excluding diaryl/α,β-unsaturated/α-hetero) is 1. The van der Waals surface area contributed by atoms with Crippen molar-refractivity contribution in [1.29, 1.82) is 0 Å². The van der Waals surface area contributed by atoms with Crippen molar-refractivity contribution in [2.45, 2.75) is 18.9 Å². The van der Waals surface area contributed by atoms with E-state index in [-0.39, 0.29) is 5.78 Å². The standard InChI is InChI=1S/C16H16O2/c17-15(12-11-13-7-3-1-4-8-13)16(18)14-9-5-2-6-10-14/h1-10,16,18H,11-12H2/t16-/m0/s1. The van der Waals surface area contributed by atoms with Crippen LogP contribution < -0.4 is 0 Å². The number of aliphatic hydroxyl groups excluding tert-OH is 1. The molecule has 0 fully saturated rings. The van der Waals surface area contributed by atoms with Crippen LogP contribution in [0.2, 0.25) is 0 Å². The molecule has 0 aliphatic carbocycles. The molecule has 2 heteroatoms. The van der Waals surface area contributed by atoms with Crippen LogP contribution in [0.4, 0.5) is 0 Å². The number of hydrogen-bond donors (Lipinski definition) is 1. The second-order valence-corrected chi connectivity index (χ2v) is 4.27. The predicted molar refractivity (Wildman–Crippen MR) is 71.2 cm³/mol. The van der Waals surface area contributed by atoms with Gasteiger partial charge < -0.3 is 5.11 Å². The summed E-state index contributed by atoms with van der Waals surface area (Å²) in [6, 6.07) is 18.9. The van der Waals surface area contributed by atoms with E-state index in [0.29, 0.717) is 18.4 Å². The van der Waals surface area contributed by atoms with Gasteiger partial charge in [-0.1, -0.05) is 60.7 Å². The Bertz CT molecular complexity index is 491. The van der Waals surface area contributed by atoms with Crippen LogP contribution in [0.25, 0.3) is 0 Å². The Kier molecular flexibility index (Phi) is 4.26. The fourth-order valence-electron chi connectivity index (χ4n) is 1.87. The molecule has 2 nitrogen and oxygen atoms in total. The fraction of sp³-hybridized carbons (Fsp3) is 0.188. The Labute approximate surface area is 107 Å². The molecular formula is C16H16O2. The second-order valence-electron chi connectivity index (χ2n) is 4.27. The molecule has 18 heavy (non-hydrogen) atoms. The Morgan fingerprint density at radius 2 is 1.50 bits per heavy atom. The molecule has 0 radical (unpaired) electrons. The minimum atomic E-state index is -1.00. The van der Waals surface area contributed by atoms with Gasteiger partial charge in [0, 0.05) is 6.42 Å². The molecule has 1 N–H and O–H groups in total. The molecule has 0 amide bonds. The molecule has 0 aliphatic heterocycles. The lowest BCUT2D eigenvalue weighted by atomic mass is 10.0. The molecule has 0 saturated heterocycles. The van der Waals surface area contributed by atoms with E-state index in [4.69, 9.17) is 0 Å². The third-order valence-corrected chi connectivity index (χ3v) is 2.92. The zero-order valence-electron chi connectivity index (χ0n) is 10.1. The highest BCUT2D eigenvalue weighted by atomic mass is 16.3. The van der Waals surface area contributed by atoms with Crippen molar-refractivity contribution in [3.05, 3.63) is 71.8 Å². The average Bonchev–Trinajstić information content (AvgIpc) is 2.46. The van der Waals surface area contributed by atoms with Crippen LogP contribution in [0.15, 0.2) is 60.7 Å². The van der Waals surface area contributed by atoms with Crippen molar-refractivity contribution in [2.75, 3.05) is 0 Å². The number of aryl methyl sites for hydroxylation is 1. The zero-order chi connectivity index (χ0) is 12.8. The minimum absolute atomic E-state index is 0.134. The summed E-state index contributed by atoms with van der Waals surface area (Å²) in [5, 5.41) is 9.92. The molecule has 2 aromatic rings. The lowest BCUT2D eigenvalue weighted by molar-refractivity contribution is -0.127. The summed E-state index contributed by atoms with van der Waals surface area (Å²) < 4.78 is 0. The largest absolute Gasteiger partial charge is 0.381 e. The van der Waals surface area contributed by atoms with Crippen molar-refractivity contribution < 1.29 is 9.90 Å². The fourth-order valence-corrected chi connectivity index (χ4v) is 1.87. The van der Waals surface area contributed by atoms with Crippen molar-refractivity contribution in [3.8, 4) is 0 Å². The van der Waals surface area contributed by atoms with Gasteiger partial charge in [0.05, 0.1) is 0 Å². The molecule has 0 bridgehead atoms. The Morgan fingerprint density at radius 3 is 2.11 bits per heavy atom. The van der Waals surface area contributed by atoms with E-state index in [2.05, 4.69) is 0 Å². The molecule has 0 heterocycles. The molecule has 0 aromatic heterocycles. The van der Waals surface area contributed by atoms with Gasteiger partial charge in [-0.3, -0.25) is 4.79 Å². The third kappa shape index (κ3) is 3.28. The summed E-state index contributed by atoms with van der Waals surface area (Å²) in [5.74, 6) is -0.134. The molecular weight excluding hydrogens is 224 g/mol. The van der Waals surface area contributed by atoms with Gasteiger partial charge in [0.2, 0.25) is 0 Å². The molecule has 0 saturated carbocycles. The van der Waals surface area contributed by atoms with Gasteiger partial charge >= 0.3 is 0 Å². The lowest BCUT2D eigenvalue weighted by Crippen LogP contribution is -2.12. The van der Waals surface area contributed by atoms with Gasteiger partial charge in [-0.05, 0) is 17.5 Å². The first-order valence-corrected chi connectivity index (χ1v) is 6.07. The molecule has 0 unspecified atom stereocenters. The maximum absolute atomic E-state index is 11.9. The first kappa shape index (κ1) is 12.5. The van der Waals surface area contributed by atoms with Gasteiger partial charge in [0.15, 0.2) is 5.78 Å². The van der Waals surface area contributed by atoms with E-state index >= 15 is 0 Å². The molecule has 0 spiro atoms. The maximum atomic E-state index is 11.9. The number of aliphatic hydroxyl groups is 1. The summed E-state index contributed by atoms with van der Waals surface area (Å²) in [7, 11) is 0. The molecule has 92 valence electrons. The number of rotatable bonds is 5. The van der Waals surface area contributed by atoms with Crippen LogP contribution in [0.5, 0.6) is 0 Å². The van der Waals surface area contributed by atoms with E-state index in [0.717, 1.165) is 5.56 Å². The van der Waals surface area contributed by atoms with Crippen molar-refractivity contribution >= 4 is 5.78 Å². The van der Waals surface area contributed by atoms with Crippen LogP contribution in [0.1, 0.15) is 23.7 Å². The first-order valence-electron chi connectivity index (χ1n) is 6.07. The normalized spacial score (nSPS) is 12.1. The minimum Gasteiger partial charge on any atom is -0.381 e.